The van der Waals surface area contributed by atoms with Gasteiger partial charge in [0.2, 0.25) is 0 Å². The molecule has 1 aromatic carbocycles. The zero-order chi connectivity index (χ0) is 9.14. The summed E-state index contributed by atoms with van der Waals surface area (Å²) in [4.78, 5) is 0. The highest BCUT2D eigenvalue weighted by atomic mass is 19.1. The molecule has 0 atom stereocenters. The maximum absolute atomic E-state index is 13.0. The van der Waals surface area contributed by atoms with Crippen molar-refractivity contribution in [1.29, 1.82) is 0 Å². The van der Waals surface area contributed by atoms with Gasteiger partial charge in [0.15, 0.2) is 11.6 Å². The van der Waals surface area contributed by atoms with Crippen LogP contribution in [0.5, 0.6) is 5.75 Å². The zero-order valence-corrected chi connectivity index (χ0v) is 6.80. The van der Waals surface area contributed by atoms with Crippen molar-refractivity contribution < 1.29 is 9.13 Å². The monoisotopic (exact) mass is 170 g/mol. The van der Waals surface area contributed by atoms with E-state index >= 15 is 0 Å². The smallest absolute Gasteiger partial charge is 0.177 e. The molecule has 0 aliphatic carbocycles. The molecule has 4 N–H and O–H groups in total. The second kappa shape index (κ2) is 3.40. The summed E-state index contributed by atoms with van der Waals surface area (Å²) in [5, 5.41) is 0. The van der Waals surface area contributed by atoms with E-state index < -0.39 is 5.82 Å². The average molecular weight is 170 g/mol. The maximum Gasteiger partial charge on any atom is 0.177 e. The van der Waals surface area contributed by atoms with Crippen LogP contribution in [-0.4, -0.2) is 7.11 Å². The number of halogens is 1. The molecule has 0 aliphatic rings. The van der Waals surface area contributed by atoms with Crippen molar-refractivity contribution in [3.63, 3.8) is 0 Å². The third-order valence-corrected chi connectivity index (χ3v) is 1.57. The molecule has 1 rings (SSSR count). The lowest BCUT2D eigenvalue weighted by atomic mass is 10.2. The fourth-order valence-electron chi connectivity index (χ4n) is 1.01. The topological polar surface area (TPSA) is 61.3 Å². The molecule has 0 fully saturated rings. The number of hydrogen-bond acceptors (Lipinski definition) is 3. The van der Waals surface area contributed by atoms with E-state index in [9.17, 15) is 4.39 Å². The van der Waals surface area contributed by atoms with Crippen LogP contribution >= 0.6 is 0 Å². The molecule has 0 unspecified atom stereocenters. The van der Waals surface area contributed by atoms with Gasteiger partial charge in [-0.25, -0.2) is 4.39 Å². The molecule has 3 nitrogen and oxygen atoms in total. The van der Waals surface area contributed by atoms with Crippen molar-refractivity contribution in [2.45, 2.75) is 6.54 Å². The first-order valence-electron chi connectivity index (χ1n) is 3.51. The predicted octanol–water partition coefficient (Wildman–Crippen LogP) is 0.875. The first-order chi connectivity index (χ1) is 5.69. The number of nitrogens with two attached hydrogens (primary N) is 2. The highest BCUT2D eigenvalue weighted by molar-refractivity contribution is 5.55. The summed E-state index contributed by atoms with van der Waals surface area (Å²) in [5.41, 5.74) is 11.7. The molecule has 0 aromatic heterocycles. The van der Waals surface area contributed by atoms with Crippen molar-refractivity contribution in [3.05, 3.63) is 23.5 Å². The van der Waals surface area contributed by atoms with Crippen LogP contribution in [0.25, 0.3) is 0 Å². The van der Waals surface area contributed by atoms with Gasteiger partial charge in [0, 0.05) is 6.54 Å². The summed E-state index contributed by atoms with van der Waals surface area (Å²) in [7, 11) is 1.37. The molecular weight excluding hydrogens is 159 g/mol. The lowest BCUT2D eigenvalue weighted by Gasteiger charge is -2.06. The first-order valence-corrected chi connectivity index (χ1v) is 3.51. The Kier molecular flexibility index (Phi) is 2.50. The number of benzene rings is 1. The fraction of sp³-hybridized carbons (Fsp3) is 0.250. The summed E-state index contributed by atoms with van der Waals surface area (Å²) in [6, 6.07) is 2.91. The Morgan fingerprint density at radius 3 is 2.58 bits per heavy atom. The van der Waals surface area contributed by atoms with Crippen molar-refractivity contribution in [2.24, 2.45) is 5.73 Å². The van der Waals surface area contributed by atoms with E-state index in [0.29, 0.717) is 5.56 Å². The van der Waals surface area contributed by atoms with E-state index in [1.807, 2.05) is 0 Å². The van der Waals surface area contributed by atoms with Gasteiger partial charge in [0.05, 0.1) is 12.8 Å². The van der Waals surface area contributed by atoms with Crippen LogP contribution < -0.4 is 16.2 Å². The van der Waals surface area contributed by atoms with Crippen LogP contribution in [0.15, 0.2) is 12.1 Å². The Hall–Kier alpha value is -1.29. The summed E-state index contributed by atoms with van der Waals surface area (Å²) < 4.78 is 17.8. The van der Waals surface area contributed by atoms with Gasteiger partial charge in [-0.05, 0) is 17.7 Å². The number of hydrogen-bond donors (Lipinski definition) is 2. The molecule has 0 heterocycles. The second-order valence-electron chi connectivity index (χ2n) is 2.40. The minimum Gasteiger partial charge on any atom is -0.492 e. The Labute approximate surface area is 70.1 Å². The van der Waals surface area contributed by atoms with Gasteiger partial charge in [-0.1, -0.05) is 0 Å². The van der Waals surface area contributed by atoms with Crippen LogP contribution in [0.2, 0.25) is 0 Å². The van der Waals surface area contributed by atoms with E-state index in [1.54, 1.807) is 6.07 Å². The van der Waals surface area contributed by atoms with Crippen LogP contribution in [0, 0.1) is 5.82 Å². The third-order valence-electron chi connectivity index (χ3n) is 1.57. The molecule has 4 heteroatoms. The zero-order valence-electron chi connectivity index (χ0n) is 6.80. The molecule has 0 saturated heterocycles. The highest BCUT2D eigenvalue weighted by Crippen LogP contribution is 2.26. The van der Waals surface area contributed by atoms with Crippen LogP contribution in [-0.2, 0) is 6.54 Å². The average Bonchev–Trinajstić information content (AvgIpc) is 2.03. The van der Waals surface area contributed by atoms with Gasteiger partial charge in [-0.3, -0.25) is 0 Å². The molecule has 0 aliphatic heterocycles. The van der Waals surface area contributed by atoms with E-state index in [1.165, 1.54) is 13.2 Å². The van der Waals surface area contributed by atoms with E-state index in [4.69, 9.17) is 16.2 Å². The maximum atomic E-state index is 13.0. The Morgan fingerprint density at radius 2 is 2.17 bits per heavy atom. The molecule has 0 spiro atoms. The summed E-state index contributed by atoms with van der Waals surface area (Å²) >= 11 is 0. The molecule has 0 bridgehead atoms. The molecule has 0 radical (unpaired) electrons. The molecule has 0 amide bonds. The first kappa shape index (κ1) is 8.80. The van der Waals surface area contributed by atoms with Gasteiger partial charge in [-0.2, -0.15) is 0 Å². The minimum atomic E-state index is -0.474. The van der Waals surface area contributed by atoms with Crippen molar-refractivity contribution in [2.75, 3.05) is 12.8 Å². The number of rotatable bonds is 2. The van der Waals surface area contributed by atoms with Crippen LogP contribution in [0.1, 0.15) is 5.56 Å². The van der Waals surface area contributed by atoms with Crippen LogP contribution in [0.4, 0.5) is 10.1 Å². The Balaban J connectivity index is 3.18. The van der Waals surface area contributed by atoms with Crippen molar-refractivity contribution in [3.8, 4) is 5.75 Å². The quantitative estimate of drug-likeness (QED) is 0.647. The normalized spacial score (nSPS) is 9.92. The number of methoxy groups -OCH3 is 1. The third kappa shape index (κ3) is 1.48. The van der Waals surface area contributed by atoms with Gasteiger partial charge in [-0.15, -0.1) is 0 Å². The molecule has 12 heavy (non-hydrogen) atoms. The molecule has 0 saturated carbocycles. The number of nitrogen functional groups attached to an aromatic ring is 1. The van der Waals surface area contributed by atoms with Crippen molar-refractivity contribution >= 4 is 5.69 Å². The lowest BCUT2D eigenvalue weighted by molar-refractivity contribution is 0.388. The number of anilines is 1. The number of ether oxygens (including phenoxy) is 1. The highest BCUT2D eigenvalue weighted by Gasteiger charge is 2.07. The second-order valence-corrected chi connectivity index (χ2v) is 2.40. The lowest BCUT2D eigenvalue weighted by Crippen LogP contribution is -2.01. The molecular formula is C8H11FN2O. The SMILES string of the molecule is COc1c(N)cc(CN)cc1F. The van der Waals surface area contributed by atoms with Crippen LogP contribution in [0.3, 0.4) is 0 Å². The summed E-state index contributed by atoms with van der Waals surface area (Å²) in [5.74, 6) is -0.398. The fourth-order valence-corrected chi connectivity index (χ4v) is 1.01. The van der Waals surface area contributed by atoms with Gasteiger partial charge in [0.1, 0.15) is 0 Å². The van der Waals surface area contributed by atoms with Crippen molar-refractivity contribution in [1.82, 2.24) is 0 Å². The molecule has 66 valence electrons. The Bertz CT molecular complexity index is 265. The standard InChI is InChI=1S/C8H11FN2O/c1-12-8-6(9)2-5(4-10)3-7(8)11/h2-3H,4,10-11H2,1H3. The van der Waals surface area contributed by atoms with Gasteiger partial charge >= 0.3 is 0 Å². The minimum absolute atomic E-state index is 0.0761. The van der Waals surface area contributed by atoms with Gasteiger partial charge in [0.25, 0.3) is 0 Å². The van der Waals surface area contributed by atoms with Gasteiger partial charge < -0.3 is 16.2 Å². The molecule has 1 aromatic rings. The largest absolute Gasteiger partial charge is 0.492 e. The Morgan fingerprint density at radius 1 is 1.50 bits per heavy atom. The predicted molar refractivity (Wildman–Crippen MR) is 45.3 cm³/mol. The summed E-state index contributed by atoms with van der Waals surface area (Å²) in [6.45, 7) is 0.269. The van der Waals surface area contributed by atoms with E-state index in [0.717, 1.165) is 0 Å². The van der Waals surface area contributed by atoms with E-state index in [2.05, 4.69) is 0 Å². The summed E-state index contributed by atoms with van der Waals surface area (Å²) in [6.07, 6.45) is 0. The van der Waals surface area contributed by atoms with E-state index in [-0.39, 0.29) is 18.0 Å².